The molecule has 1 rings (SSSR count). The Morgan fingerprint density at radius 2 is 2.13 bits per heavy atom. The number of rotatable bonds is 4. The molecule has 4 heteroatoms. The first-order valence-electron chi connectivity index (χ1n) is 5.64. The summed E-state index contributed by atoms with van der Waals surface area (Å²) in [5, 5.41) is 0. The maximum atomic E-state index is 11.0. The maximum absolute atomic E-state index is 11.0. The molecule has 0 amide bonds. The summed E-state index contributed by atoms with van der Waals surface area (Å²) < 4.78 is 4.60. The third-order valence-corrected chi connectivity index (χ3v) is 3.28. The van der Waals surface area contributed by atoms with Crippen molar-refractivity contribution in [3.8, 4) is 0 Å². The van der Waals surface area contributed by atoms with E-state index in [0.717, 1.165) is 32.4 Å². The van der Waals surface area contributed by atoms with Gasteiger partial charge in [0.1, 0.15) is 0 Å². The number of esters is 1. The highest BCUT2D eigenvalue weighted by Crippen LogP contribution is 2.21. The van der Waals surface area contributed by atoms with Crippen LogP contribution in [0, 0.1) is 5.92 Å². The summed E-state index contributed by atoms with van der Waals surface area (Å²) in [4.78, 5) is 13.3. The molecule has 1 atom stereocenters. The van der Waals surface area contributed by atoms with Crippen molar-refractivity contribution in [2.24, 2.45) is 11.7 Å². The zero-order chi connectivity index (χ0) is 11.3. The number of nitrogens with two attached hydrogens (primary N) is 1. The summed E-state index contributed by atoms with van der Waals surface area (Å²) in [6.07, 6.45) is 3.50. The summed E-state index contributed by atoms with van der Waals surface area (Å²) in [7, 11) is 3.56. The lowest BCUT2D eigenvalue weighted by atomic mass is 9.88. The number of carbonyl (C=O) groups is 1. The number of hydrogen-bond donors (Lipinski definition) is 1. The first kappa shape index (κ1) is 12.5. The number of hydrogen-bond acceptors (Lipinski definition) is 4. The first-order chi connectivity index (χ1) is 7.13. The molecule has 1 aliphatic rings. The van der Waals surface area contributed by atoms with Crippen LogP contribution >= 0.6 is 0 Å². The average Bonchev–Trinajstić information content (AvgIpc) is 2.26. The van der Waals surface area contributed by atoms with E-state index in [1.54, 1.807) is 0 Å². The van der Waals surface area contributed by atoms with E-state index < -0.39 is 0 Å². The standard InChI is InChI=1S/C11H22N2O2/c1-13-7-5-9(6-8-13)10(12)3-4-11(14)15-2/h9-10H,3-8,12H2,1-2H3. The van der Waals surface area contributed by atoms with Crippen LogP contribution in [0.4, 0.5) is 0 Å². The minimum atomic E-state index is -0.154. The summed E-state index contributed by atoms with van der Waals surface area (Å²) in [5.74, 6) is 0.421. The van der Waals surface area contributed by atoms with Gasteiger partial charge in [-0.3, -0.25) is 4.79 Å². The van der Waals surface area contributed by atoms with Gasteiger partial charge in [0, 0.05) is 12.5 Å². The van der Waals surface area contributed by atoms with E-state index in [1.165, 1.54) is 7.11 Å². The van der Waals surface area contributed by atoms with Gasteiger partial charge >= 0.3 is 5.97 Å². The van der Waals surface area contributed by atoms with Crippen molar-refractivity contribution in [1.29, 1.82) is 0 Å². The van der Waals surface area contributed by atoms with Crippen molar-refractivity contribution >= 4 is 5.97 Å². The normalized spacial score (nSPS) is 21.3. The van der Waals surface area contributed by atoms with Crippen molar-refractivity contribution in [3.63, 3.8) is 0 Å². The first-order valence-corrected chi connectivity index (χ1v) is 5.64. The topological polar surface area (TPSA) is 55.6 Å². The van der Waals surface area contributed by atoms with Gasteiger partial charge in [-0.05, 0) is 45.3 Å². The van der Waals surface area contributed by atoms with E-state index in [2.05, 4.69) is 16.7 Å². The number of carbonyl (C=O) groups excluding carboxylic acids is 1. The Bertz CT molecular complexity index is 201. The molecule has 1 unspecified atom stereocenters. The Labute approximate surface area is 91.8 Å². The van der Waals surface area contributed by atoms with Crippen molar-refractivity contribution in [2.75, 3.05) is 27.2 Å². The monoisotopic (exact) mass is 214 g/mol. The lowest BCUT2D eigenvalue weighted by Gasteiger charge is -2.32. The average molecular weight is 214 g/mol. The van der Waals surface area contributed by atoms with Gasteiger partial charge in [0.2, 0.25) is 0 Å². The molecule has 15 heavy (non-hydrogen) atoms. The smallest absolute Gasteiger partial charge is 0.305 e. The number of ether oxygens (including phenoxy) is 1. The Morgan fingerprint density at radius 3 is 2.67 bits per heavy atom. The van der Waals surface area contributed by atoms with Crippen LogP contribution in [-0.4, -0.2) is 44.2 Å². The minimum Gasteiger partial charge on any atom is -0.469 e. The van der Waals surface area contributed by atoms with Crippen LogP contribution < -0.4 is 5.73 Å². The molecule has 0 aromatic rings. The molecule has 2 N–H and O–H groups in total. The zero-order valence-corrected chi connectivity index (χ0v) is 9.74. The fourth-order valence-corrected chi connectivity index (χ4v) is 2.08. The molecule has 1 aliphatic heterocycles. The molecule has 0 aromatic carbocycles. The quantitative estimate of drug-likeness (QED) is 0.697. The van der Waals surface area contributed by atoms with Crippen LogP contribution in [0.1, 0.15) is 25.7 Å². The van der Waals surface area contributed by atoms with Gasteiger partial charge < -0.3 is 15.4 Å². The lowest BCUT2D eigenvalue weighted by molar-refractivity contribution is -0.140. The highest BCUT2D eigenvalue weighted by molar-refractivity contribution is 5.69. The second-order valence-corrected chi connectivity index (χ2v) is 4.42. The van der Waals surface area contributed by atoms with Gasteiger partial charge in [-0.15, -0.1) is 0 Å². The van der Waals surface area contributed by atoms with E-state index in [0.29, 0.717) is 12.3 Å². The Kier molecular flexibility index (Phi) is 5.05. The highest BCUT2D eigenvalue weighted by Gasteiger charge is 2.22. The lowest BCUT2D eigenvalue weighted by Crippen LogP contribution is -2.39. The van der Waals surface area contributed by atoms with Crippen LogP contribution in [0.3, 0.4) is 0 Å². The van der Waals surface area contributed by atoms with Gasteiger partial charge in [0.25, 0.3) is 0 Å². The molecule has 1 heterocycles. The predicted octanol–water partition coefficient (Wildman–Crippen LogP) is 0.609. The van der Waals surface area contributed by atoms with E-state index >= 15 is 0 Å². The van der Waals surface area contributed by atoms with Crippen LogP contribution in [0.25, 0.3) is 0 Å². The van der Waals surface area contributed by atoms with Gasteiger partial charge in [-0.25, -0.2) is 0 Å². The zero-order valence-electron chi connectivity index (χ0n) is 9.74. The van der Waals surface area contributed by atoms with Crippen molar-refractivity contribution in [1.82, 2.24) is 4.90 Å². The molecular weight excluding hydrogens is 192 g/mol. The highest BCUT2D eigenvalue weighted by atomic mass is 16.5. The fraction of sp³-hybridized carbons (Fsp3) is 0.909. The number of nitrogens with zero attached hydrogens (tertiary/aromatic N) is 1. The van der Waals surface area contributed by atoms with Crippen LogP contribution in [0.5, 0.6) is 0 Å². The molecular formula is C11H22N2O2. The molecule has 88 valence electrons. The van der Waals surface area contributed by atoms with E-state index in [9.17, 15) is 4.79 Å². The number of piperidine rings is 1. The van der Waals surface area contributed by atoms with Crippen LogP contribution in [0.2, 0.25) is 0 Å². The van der Waals surface area contributed by atoms with Crippen molar-refractivity contribution < 1.29 is 9.53 Å². The third kappa shape index (κ3) is 4.18. The summed E-state index contributed by atoms with van der Waals surface area (Å²) in [6.45, 7) is 2.24. The summed E-state index contributed by atoms with van der Waals surface area (Å²) in [5.41, 5.74) is 6.07. The Hall–Kier alpha value is -0.610. The molecule has 0 bridgehead atoms. The van der Waals surface area contributed by atoms with Gasteiger partial charge in [0.15, 0.2) is 0 Å². The molecule has 0 radical (unpaired) electrons. The Balaban J connectivity index is 2.22. The van der Waals surface area contributed by atoms with E-state index in [1.807, 2.05) is 0 Å². The van der Waals surface area contributed by atoms with E-state index in [-0.39, 0.29) is 12.0 Å². The summed E-state index contributed by atoms with van der Waals surface area (Å²) >= 11 is 0. The van der Waals surface area contributed by atoms with E-state index in [4.69, 9.17) is 5.73 Å². The van der Waals surface area contributed by atoms with Crippen molar-refractivity contribution in [3.05, 3.63) is 0 Å². The second kappa shape index (κ2) is 6.08. The maximum Gasteiger partial charge on any atom is 0.305 e. The summed E-state index contributed by atoms with van der Waals surface area (Å²) in [6, 6.07) is 0.151. The van der Waals surface area contributed by atoms with Crippen molar-refractivity contribution in [2.45, 2.75) is 31.7 Å². The largest absolute Gasteiger partial charge is 0.469 e. The second-order valence-electron chi connectivity index (χ2n) is 4.42. The molecule has 1 saturated heterocycles. The molecule has 0 saturated carbocycles. The SMILES string of the molecule is COC(=O)CCC(N)C1CCN(C)CC1. The number of methoxy groups -OCH3 is 1. The molecule has 0 aliphatic carbocycles. The van der Waals surface area contributed by atoms with Crippen LogP contribution in [0.15, 0.2) is 0 Å². The van der Waals surface area contributed by atoms with Gasteiger partial charge in [0.05, 0.1) is 7.11 Å². The van der Waals surface area contributed by atoms with Gasteiger partial charge in [-0.2, -0.15) is 0 Å². The fourth-order valence-electron chi connectivity index (χ4n) is 2.08. The minimum absolute atomic E-state index is 0.151. The third-order valence-electron chi connectivity index (χ3n) is 3.28. The van der Waals surface area contributed by atoms with Gasteiger partial charge in [-0.1, -0.05) is 0 Å². The molecule has 1 fully saturated rings. The molecule has 4 nitrogen and oxygen atoms in total. The Morgan fingerprint density at radius 1 is 1.53 bits per heavy atom. The molecule has 0 spiro atoms. The van der Waals surface area contributed by atoms with Crippen LogP contribution in [-0.2, 0) is 9.53 Å². The predicted molar refractivity (Wildman–Crippen MR) is 59.4 cm³/mol. The number of likely N-dealkylation sites (tertiary alicyclic amines) is 1. The molecule has 0 aromatic heterocycles.